The highest BCUT2D eigenvalue weighted by Gasteiger charge is 2.30. The van der Waals surface area contributed by atoms with Crippen LogP contribution in [0, 0.1) is 12.8 Å². The minimum Gasteiger partial charge on any atom is -0.344 e. The third kappa shape index (κ3) is 1.95. The molecule has 2 aliphatic heterocycles. The molecule has 3 heterocycles. The molecule has 0 atom stereocenters. The number of hydrogen-bond acceptors (Lipinski definition) is 4. The van der Waals surface area contributed by atoms with Gasteiger partial charge in [0.05, 0.1) is 0 Å². The van der Waals surface area contributed by atoms with Crippen molar-refractivity contribution < 1.29 is 0 Å². The van der Waals surface area contributed by atoms with Crippen molar-refractivity contribution in [3.05, 3.63) is 5.82 Å². The first kappa shape index (κ1) is 10.5. The Balaban J connectivity index is 1.88. The molecule has 3 nitrogen and oxygen atoms in total. The first-order valence-electron chi connectivity index (χ1n) is 6.40. The van der Waals surface area contributed by atoms with Crippen molar-refractivity contribution >= 4 is 16.7 Å². The van der Waals surface area contributed by atoms with Crippen molar-refractivity contribution in [2.75, 3.05) is 11.4 Å². The second-order valence-corrected chi connectivity index (χ2v) is 5.89. The van der Waals surface area contributed by atoms with Crippen molar-refractivity contribution in [2.24, 2.45) is 5.92 Å². The molecule has 2 aliphatic rings. The van der Waals surface area contributed by atoms with Crippen LogP contribution in [0.25, 0.3) is 0 Å². The largest absolute Gasteiger partial charge is 0.344 e. The molecule has 1 aromatic rings. The van der Waals surface area contributed by atoms with Crippen LogP contribution in [0.3, 0.4) is 0 Å². The van der Waals surface area contributed by atoms with Crippen molar-refractivity contribution in [1.82, 2.24) is 9.36 Å². The van der Waals surface area contributed by atoms with Crippen LogP contribution in [0.2, 0.25) is 0 Å². The number of anilines is 1. The lowest BCUT2D eigenvalue weighted by molar-refractivity contribution is 0.430. The van der Waals surface area contributed by atoms with Gasteiger partial charge in [-0.2, -0.15) is 4.37 Å². The van der Waals surface area contributed by atoms with E-state index in [1.807, 2.05) is 6.92 Å². The SMILES string of the molecule is Cc1nsc(N2CC3CCCC2CCC3)n1. The molecule has 0 unspecified atom stereocenters. The fraction of sp³-hybridized carbons (Fsp3) is 0.833. The maximum atomic E-state index is 4.57. The van der Waals surface area contributed by atoms with Gasteiger partial charge < -0.3 is 4.90 Å². The lowest BCUT2D eigenvalue weighted by atomic mass is 9.93. The first-order valence-corrected chi connectivity index (χ1v) is 7.17. The Kier molecular flexibility index (Phi) is 2.84. The predicted octanol–water partition coefficient (Wildman–Crippen LogP) is 3.01. The topological polar surface area (TPSA) is 29.0 Å². The second-order valence-electron chi connectivity index (χ2n) is 5.16. The summed E-state index contributed by atoms with van der Waals surface area (Å²) >= 11 is 1.58. The number of aryl methyl sites for hydroxylation is 1. The van der Waals surface area contributed by atoms with E-state index < -0.39 is 0 Å². The average molecular weight is 237 g/mol. The van der Waals surface area contributed by atoms with Gasteiger partial charge in [0.2, 0.25) is 5.13 Å². The van der Waals surface area contributed by atoms with Crippen molar-refractivity contribution in [1.29, 1.82) is 0 Å². The van der Waals surface area contributed by atoms with E-state index in [4.69, 9.17) is 0 Å². The Hall–Kier alpha value is -0.640. The lowest BCUT2D eigenvalue weighted by Gasteiger charge is -2.28. The molecule has 0 N–H and O–H groups in total. The van der Waals surface area contributed by atoms with E-state index in [0.717, 1.165) is 22.9 Å². The highest BCUT2D eigenvalue weighted by Crippen LogP contribution is 2.35. The van der Waals surface area contributed by atoms with Crippen molar-refractivity contribution in [3.8, 4) is 0 Å². The summed E-state index contributed by atoms with van der Waals surface area (Å²) in [5.41, 5.74) is 0. The van der Waals surface area contributed by atoms with Gasteiger partial charge in [0.1, 0.15) is 5.82 Å². The minimum absolute atomic E-state index is 0.736. The van der Waals surface area contributed by atoms with E-state index in [1.165, 1.54) is 45.1 Å². The van der Waals surface area contributed by atoms with Crippen LogP contribution in [0.15, 0.2) is 0 Å². The summed E-state index contributed by atoms with van der Waals surface area (Å²) in [5, 5.41) is 1.16. The number of rotatable bonds is 1. The Labute approximate surface area is 101 Å². The molecule has 2 saturated heterocycles. The van der Waals surface area contributed by atoms with E-state index in [2.05, 4.69) is 14.3 Å². The highest BCUT2D eigenvalue weighted by atomic mass is 32.1. The zero-order chi connectivity index (χ0) is 11.0. The summed E-state index contributed by atoms with van der Waals surface area (Å²) in [7, 11) is 0. The zero-order valence-corrected chi connectivity index (χ0v) is 10.7. The van der Waals surface area contributed by atoms with Gasteiger partial charge >= 0.3 is 0 Å². The quantitative estimate of drug-likeness (QED) is 0.752. The molecule has 3 rings (SSSR count). The third-order valence-electron chi connectivity index (χ3n) is 3.96. The molecule has 2 fully saturated rings. The zero-order valence-electron chi connectivity index (χ0n) is 9.85. The van der Waals surface area contributed by atoms with E-state index in [1.54, 1.807) is 11.5 Å². The molecular weight excluding hydrogens is 218 g/mol. The van der Waals surface area contributed by atoms with Crippen LogP contribution < -0.4 is 4.90 Å². The van der Waals surface area contributed by atoms with Crippen molar-refractivity contribution in [2.45, 2.75) is 51.5 Å². The standard InChI is InChI=1S/C12H19N3S/c1-9-13-12(16-14-9)15-8-10-4-2-6-11(15)7-3-5-10/h10-11H,2-8H2,1H3. The number of nitrogens with zero attached hydrogens (tertiary/aromatic N) is 3. The molecule has 4 heteroatoms. The summed E-state index contributed by atoms with van der Waals surface area (Å²) < 4.78 is 4.33. The van der Waals surface area contributed by atoms with Gasteiger partial charge in [-0.15, -0.1) is 0 Å². The molecule has 0 saturated carbocycles. The van der Waals surface area contributed by atoms with Gasteiger partial charge in [-0.25, -0.2) is 4.98 Å². The summed E-state index contributed by atoms with van der Waals surface area (Å²) in [4.78, 5) is 7.12. The summed E-state index contributed by atoms with van der Waals surface area (Å²) in [6.45, 7) is 3.21. The fourth-order valence-corrected chi connectivity index (χ4v) is 3.89. The second kappa shape index (κ2) is 4.32. The maximum Gasteiger partial charge on any atom is 0.205 e. The van der Waals surface area contributed by atoms with Crippen LogP contribution in [0.1, 0.15) is 44.3 Å². The Morgan fingerprint density at radius 3 is 2.56 bits per heavy atom. The molecule has 1 aromatic heterocycles. The fourth-order valence-electron chi connectivity index (χ4n) is 3.13. The Bertz CT molecular complexity index is 353. The van der Waals surface area contributed by atoms with Gasteiger partial charge in [0.25, 0.3) is 0 Å². The molecule has 0 spiro atoms. The van der Waals surface area contributed by atoms with Gasteiger partial charge in [0.15, 0.2) is 0 Å². The van der Waals surface area contributed by atoms with Crippen LogP contribution in [-0.2, 0) is 0 Å². The van der Waals surface area contributed by atoms with Crippen LogP contribution >= 0.6 is 11.5 Å². The van der Waals surface area contributed by atoms with Gasteiger partial charge in [0, 0.05) is 24.1 Å². The average Bonchev–Trinajstić information content (AvgIpc) is 2.49. The molecule has 0 radical (unpaired) electrons. The van der Waals surface area contributed by atoms with Crippen LogP contribution in [0.5, 0.6) is 0 Å². The van der Waals surface area contributed by atoms with Gasteiger partial charge in [-0.1, -0.05) is 12.8 Å². The molecule has 0 aromatic carbocycles. The summed E-state index contributed by atoms with van der Waals surface area (Å²) in [6.07, 6.45) is 8.37. The number of aromatic nitrogens is 2. The molecule has 0 amide bonds. The van der Waals surface area contributed by atoms with Crippen LogP contribution in [-0.4, -0.2) is 21.9 Å². The van der Waals surface area contributed by atoms with Crippen molar-refractivity contribution in [3.63, 3.8) is 0 Å². The van der Waals surface area contributed by atoms with E-state index >= 15 is 0 Å². The Morgan fingerprint density at radius 1 is 1.19 bits per heavy atom. The predicted molar refractivity (Wildman–Crippen MR) is 67.0 cm³/mol. The van der Waals surface area contributed by atoms with E-state index in [9.17, 15) is 0 Å². The third-order valence-corrected chi connectivity index (χ3v) is 4.80. The van der Waals surface area contributed by atoms with Gasteiger partial charge in [-0.05, 0) is 38.5 Å². The first-order chi connectivity index (χ1) is 7.83. The molecule has 0 aliphatic carbocycles. The monoisotopic (exact) mass is 237 g/mol. The minimum atomic E-state index is 0.736. The summed E-state index contributed by atoms with van der Waals surface area (Å²) in [5.74, 6) is 1.83. The normalized spacial score (nSPS) is 30.2. The Morgan fingerprint density at radius 2 is 1.94 bits per heavy atom. The molecule has 2 bridgehead atoms. The smallest absolute Gasteiger partial charge is 0.205 e. The summed E-state index contributed by atoms with van der Waals surface area (Å²) in [6, 6.07) is 0.736. The van der Waals surface area contributed by atoms with Gasteiger partial charge in [-0.3, -0.25) is 0 Å². The van der Waals surface area contributed by atoms with Crippen LogP contribution in [0.4, 0.5) is 5.13 Å². The van der Waals surface area contributed by atoms with E-state index in [-0.39, 0.29) is 0 Å². The molecular formula is C12H19N3S. The number of fused-ring (bicyclic) bond motifs is 3. The number of hydrogen-bond donors (Lipinski definition) is 0. The van der Waals surface area contributed by atoms with E-state index in [0.29, 0.717) is 0 Å². The molecule has 16 heavy (non-hydrogen) atoms. The lowest BCUT2D eigenvalue weighted by Crippen LogP contribution is -2.35. The highest BCUT2D eigenvalue weighted by molar-refractivity contribution is 7.09. The molecule has 88 valence electrons. The maximum absolute atomic E-state index is 4.57.